The normalized spacial score (nSPS) is 25.7. The highest BCUT2D eigenvalue weighted by atomic mass is 16.5. The summed E-state index contributed by atoms with van der Waals surface area (Å²) in [6, 6.07) is 26.8. The van der Waals surface area contributed by atoms with Crippen LogP contribution in [0.5, 0.6) is 11.5 Å². The molecule has 3 heterocycles. The molecule has 168 valence electrons. The van der Waals surface area contributed by atoms with Gasteiger partial charge in [-0.25, -0.2) is 0 Å². The van der Waals surface area contributed by atoms with Crippen LogP contribution < -0.4 is 10.5 Å². The van der Waals surface area contributed by atoms with Crippen molar-refractivity contribution >= 4 is 5.84 Å². The molecule has 3 atom stereocenters. The molecule has 0 spiro atoms. The highest BCUT2D eigenvalue weighted by Gasteiger charge is 2.45. The molecule has 4 heteroatoms. The van der Waals surface area contributed by atoms with E-state index in [-0.39, 0.29) is 5.84 Å². The Morgan fingerprint density at radius 2 is 1.58 bits per heavy atom. The molecule has 0 radical (unpaired) electrons. The molecule has 33 heavy (non-hydrogen) atoms. The first-order valence-corrected chi connectivity index (χ1v) is 12.2. The van der Waals surface area contributed by atoms with E-state index in [4.69, 9.17) is 15.9 Å². The fourth-order valence-electron chi connectivity index (χ4n) is 6.53. The summed E-state index contributed by atoms with van der Waals surface area (Å²) in [4.78, 5) is 2.80. The first-order valence-electron chi connectivity index (χ1n) is 12.2. The molecule has 3 N–H and O–H groups in total. The van der Waals surface area contributed by atoms with Crippen LogP contribution in [0.2, 0.25) is 0 Å². The lowest BCUT2D eigenvalue weighted by atomic mass is 9.72. The van der Waals surface area contributed by atoms with Gasteiger partial charge in [-0.3, -0.25) is 10.3 Å². The van der Waals surface area contributed by atoms with Crippen molar-refractivity contribution in [3.63, 3.8) is 0 Å². The lowest BCUT2D eigenvalue weighted by Crippen LogP contribution is -2.45. The molecule has 2 saturated heterocycles. The fraction of sp³-hybridized carbons (Fsp3) is 0.345. The molecular formula is C29H31N3O. The molecule has 0 amide bonds. The maximum absolute atomic E-state index is 7.85. The number of amidine groups is 1. The number of rotatable bonds is 5. The van der Waals surface area contributed by atoms with E-state index in [0.717, 1.165) is 30.0 Å². The van der Waals surface area contributed by atoms with Crippen LogP contribution >= 0.6 is 0 Å². The number of fused-ring (bicyclic) bond motifs is 4. The monoisotopic (exact) mass is 437 g/mol. The van der Waals surface area contributed by atoms with Gasteiger partial charge in [-0.1, -0.05) is 60.7 Å². The van der Waals surface area contributed by atoms with Gasteiger partial charge in [-0.15, -0.1) is 0 Å². The van der Waals surface area contributed by atoms with E-state index in [0.29, 0.717) is 23.9 Å². The number of nitrogens with two attached hydrogens (primary N) is 1. The summed E-state index contributed by atoms with van der Waals surface area (Å²) < 4.78 is 6.30. The minimum absolute atomic E-state index is 0.0848. The van der Waals surface area contributed by atoms with E-state index in [2.05, 4.69) is 59.5 Å². The molecule has 6 rings (SSSR count). The molecule has 0 saturated carbocycles. The summed E-state index contributed by atoms with van der Waals surface area (Å²) in [6.45, 7) is 1.16. The lowest BCUT2D eigenvalue weighted by molar-refractivity contribution is 0.0972. The SMILES string of the molecule is N=C(N)c1ccc2c(c1)Oc1ccccc1C2C1CC2CCC(C1)N2CCc1ccccc1. The quantitative estimate of drug-likeness (QED) is 0.398. The number of nitrogens with one attached hydrogen (secondary N) is 1. The highest BCUT2D eigenvalue weighted by Crippen LogP contribution is 2.53. The zero-order valence-corrected chi connectivity index (χ0v) is 18.9. The Balaban J connectivity index is 1.27. The van der Waals surface area contributed by atoms with E-state index in [9.17, 15) is 0 Å². The summed E-state index contributed by atoms with van der Waals surface area (Å²) in [6.07, 6.45) is 6.24. The lowest BCUT2D eigenvalue weighted by Gasteiger charge is -2.43. The second-order valence-electron chi connectivity index (χ2n) is 9.87. The molecule has 3 aliphatic rings. The van der Waals surface area contributed by atoms with Gasteiger partial charge in [0.2, 0.25) is 0 Å². The number of nitrogen functional groups attached to an aromatic ring is 1. The Bertz CT molecular complexity index is 1160. The summed E-state index contributed by atoms with van der Waals surface area (Å²) in [7, 11) is 0. The van der Waals surface area contributed by atoms with Gasteiger partial charge >= 0.3 is 0 Å². The molecule has 3 unspecified atom stereocenters. The molecular weight excluding hydrogens is 406 g/mol. The van der Waals surface area contributed by atoms with Crippen molar-refractivity contribution < 1.29 is 4.74 Å². The zero-order chi connectivity index (χ0) is 22.4. The number of ether oxygens (including phenoxy) is 1. The van der Waals surface area contributed by atoms with Crippen LogP contribution in [-0.2, 0) is 6.42 Å². The number of hydrogen-bond acceptors (Lipinski definition) is 3. The number of para-hydroxylation sites is 1. The molecule has 2 bridgehead atoms. The molecule has 3 aromatic rings. The van der Waals surface area contributed by atoms with Gasteiger partial charge in [0.05, 0.1) is 0 Å². The summed E-state index contributed by atoms with van der Waals surface area (Å²) in [5.74, 6) is 2.84. The third kappa shape index (κ3) is 3.72. The van der Waals surface area contributed by atoms with Gasteiger partial charge in [0.25, 0.3) is 0 Å². The van der Waals surface area contributed by atoms with Crippen LogP contribution in [0.15, 0.2) is 72.8 Å². The largest absolute Gasteiger partial charge is 0.457 e. The number of nitrogens with zero attached hydrogens (tertiary/aromatic N) is 1. The van der Waals surface area contributed by atoms with Gasteiger partial charge in [0.15, 0.2) is 0 Å². The Kier molecular flexibility index (Phi) is 5.18. The van der Waals surface area contributed by atoms with E-state index in [1.165, 1.54) is 42.4 Å². The van der Waals surface area contributed by atoms with Crippen molar-refractivity contribution in [3.05, 3.63) is 95.1 Å². The summed E-state index contributed by atoms with van der Waals surface area (Å²) in [5.41, 5.74) is 10.5. The predicted octanol–water partition coefficient (Wildman–Crippen LogP) is 5.69. The van der Waals surface area contributed by atoms with Crippen LogP contribution in [0.4, 0.5) is 0 Å². The molecule has 0 aliphatic carbocycles. The minimum atomic E-state index is 0.0848. The molecule has 0 aromatic heterocycles. The zero-order valence-electron chi connectivity index (χ0n) is 18.9. The molecule has 3 aromatic carbocycles. The number of benzene rings is 3. The maximum atomic E-state index is 7.85. The van der Waals surface area contributed by atoms with E-state index < -0.39 is 0 Å². The Labute approximate surface area is 195 Å². The number of piperidine rings is 1. The topological polar surface area (TPSA) is 62.3 Å². The van der Waals surface area contributed by atoms with Crippen LogP contribution in [-0.4, -0.2) is 29.4 Å². The van der Waals surface area contributed by atoms with Crippen molar-refractivity contribution in [3.8, 4) is 11.5 Å². The smallest absolute Gasteiger partial charge is 0.132 e. The first kappa shape index (κ1) is 20.5. The first-order chi connectivity index (χ1) is 16.2. The summed E-state index contributed by atoms with van der Waals surface area (Å²) in [5, 5.41) is 7.85. The second kappa shape index (κ2) is 8.35. The van der Waals surface area contributed by atoms with Crippen LogP contribution in [0, 0.1) is 11.3 Å². The standard InChI is InChI=1S/C29H31N3O/c30-29(31)20-10-13-25-27(18-20)33-26-9-5-4-8-24(26)28(25)21-16-22-11-12-23(17-21)32(22)15-14-19-6-2-1-3-7-19/h1-10,13,18,21-23,28H,11-12,14-17H2,(H3,30,31). The molecule has 4 nitrogen and oxygen atoms in total. The Morgan fingerprint density at radius 1 is 0.879 bits per heavy atom. The van der Waals surface area contributed by atoms with Crippen LogP contribution in [0.25, 0.3) is 0 Å². The average Bonchev–Trinajstić information content (AvgIpc) is 3.08. The van der Waals surface area contributed by atoms with Gasteiger partial charge in [-0.05, 0) is 55.7 Å². The third-order valence-corrected chi connectivity index (χ3v) is 8.03. The number of hydrogen-bond donors (Lipinski definition) is 2. The second-order valence-corrected chi connectivity index (χ2v) is 9.87. The summed E-state index contributed by atoms with van der Waals surface area (Å²) >= 11 is 0. The fourth-order valence-corrected chi connectivity index (χ4v) is 6.53. The highest BCUT2D eigenvalue weighted by molar-refractivity contribution is 5.95. The van der Waals surface area contributed by atoms with Crippen molar-refractivity contribution in [1.82, 2.24) is 4.90 Å². The van der Waals surface area contributed by atoms with Crippen LogP contribution in [0.1, 0.15) is 53.9 Å². The van der Waals surface area contributed by atoms with E-state index >= 15 is 0 Å². The predicted molar refractivity (Wildman–Crippen MR) is 132 cm³/mol. The van der Waals surface area contributed by atoms with Crippen molar-refractivity contribution in [1.29, 1.82) is 5.41 Å². The van der Waals surface area contributed by atoms with E-state index in [1.54, 1.807) is 0 Å². The van der Waals surface area contributed by atoms with Gasteiger partial charge in [0, 0.05) is 41.2 Å². The van der Waals surface area contributed by atoms with Crippen molar-refractivity contribution in [2.45, 2.75) is 50.1 Å². The third-order valence-electron chi connectivity index (χ3n) is 8.03. The van der Waals surface area contributed by atoms with Gasteiger partial charge < -0.3 is 10.5 Å². The Morgan fingerprint density at radius 3 is 2.33 bits per heavy atom. The van der Waals surface area contributed by atoms with Gasteiger partial charge in [-0.2, -0.15) is 0 Å². The molecule has 2 fully saturated rings. The van der Waals surface area contributed by atoms with Crippen molar-refractivity contribution in [2.75, 3.05) is 6.54 Å². The van der Waals surface area contributed by atoms with E-state index in [1.807, 2.05) is 18.2 Å². The van der Waals surface area contributed by atoms with Crippen molar-refractivity contribution in [2.24, 2.45) is 11.7 Å². The average molecular weight is 438 g/mol. The molecule has 3 aliphatic heterocycles. The Hall–Kier alpha value is -3.11. The van der Waals surface area contributed by atoms with Gasteiger partial charge in [0.1, 0.15) is 17.3 Å². The minimum Gasteiger partial charge on any atom is -0.457 e. The maximum Gasteiger partial charge on any atom is 0.132 e. The van der Waals surface area contributed by atoms with Crippen LogP contribution in [0.3, 0.4) is 0 Å².